The summed E-state index contributed by atoms with van der Waals surface area (Å²) in [7, 11) is 3.31. The number of carbonyl (C=O) groups is 2. The van der Waals surface area contributed by atoms with E-state index in [9.17, 15) is 9.59 Å². The van der Waals surface area contributed by atoms with Crippen LogP contribution in [-0.4, -0.2) is 61.4 Å². The largest absolute Gasteiger partial charge is 0.497 e. The monoisotopic (exact) mass is 345 g/mol. The number of nitrogens with zero attached hydrogens (tertiary/aromatic N) is 2. The van der Waals surface area contributed by atoms with Gasteiger partial charge in [-0.05, 0) is 29.7 Å². The predicted octanol–water partition coefficient (Wildman–Crippen LogP) is 1.04. The zero-order valence-corrected chi connectivity index (χ0v) is 15.2. The van der Waals surface area contributed by atoms with Gasteiger partial charge in [0.25, 0.3) is 0 Å². The molecule has 3 rings (SSSR count). The van der Waals surface area contributed by atoms with Crippen molar-refractivity contribution in [3.05, 3.63) is 29.3 Å². The van der Waals surface area contributed by atoms with E-state index in [0.717, 1.165) is 31.8 Å². The van der Waals surface area contributed by atoms with Gasteiger partial charge in [-0.1, -0.05) is 13.0 Å². The summed E-state index contributed by atoms with van der Waals surface area (Å²) in [5.74, 6) is 0.777. The summed E-state index contributed by atoms with van der Waals surface area (Å²) in [6.07, 6.45) is 1.32. The highest BCUT2D eigenvalue weighted by Crippen LogP contribution is 2.27. The SMILES string of the molecule is CCc1cc(OC)ccc1CN1CC(N2CC(C(=O)NC)CC2=O)C1. The first-order valence-electron chi connectivity index (χ1n) is 8.94. The van der Waals surface area contributed by atoms with Gasteiger partial charge < -0.3 is 15.0 Å². The lowest BCUT2D eigenvalue weighted by molar-refractivity contribution is -0.133. The third kappa shape index (κ3) is 3.63. The third-order valence-electron chi connectivity index (χ3n) is 5.34. The number of hydrogen-bond donors (Lipinski definition) is 1. The molecule has 1 aromatic carbocycles. The van der Waals surface area contributed by atoms with Gasteiger partial charge in [-0.2, -0.15) is 0 Å². The van der Waals surface area contributed by atoms with Crippen LogP contribution in [0.4, 0.5) is 0 Å². The number of benzene rings is 1. The Balaban J connectivity index is 1.55. The Bertz CT molecular complexity index is 655. The first-order valence-corrected chi connectivity index (χ1v) is 8.94. The van der Waals surface area contributed by atoms with E-state index in [1.165, 1.54) is 11.1 Å². The molecule has 0 bridgehead atoms. The van der Waals surface area contributed by atoms with Crippen molar-refractivity contribution in [2.45, 2.75) is 32.4 Å². The molecule has 0 spiro atoms. The summed E-state index contributed by atoms with van der Waals surface area (Å²) >= 11 is 0. The Morgan fingerprint density at radius 2 is 2.04 bits per heavy atom. The number of aryl methyl sites for hydroxylation is 1. The van der Waals surface area contributed by atoms with Crippen molar-refractivity contribution in [3.8, 4) is 5.75 Å². The second kappa shape index (κ2) is 7.44. The summed E-state index contributed by atoms with van der Waals surface area (Å²) in [5, 5.41) is 2.65. The molecule has 1 aromatic rings. The van der Waals surface area contributed by atoms with Crippen molar-refractivity contribution in [2.75, 3.05) is 33.8 Å². The van der Waals surface area contributed by atoms with Gasteiger partial charge in [-0.15, -0.1) is 0 Å². The Kier molecular flexibility index (Phi) is 5.27. The van der Waals surface area contributed by atoms with Crippen molar-refractivity contribution >= 4 is 11.8 Å². The van der Waals surface area contributed by atoms with Crippen LogP contribution in [0.25, 0.3) is 0 Å². The zero-order valence-electron chi connectivity index (χ0n) is 15.2. The highest BCUT2D eigenvalue weighted by Gasteiger charge is 2.41. The minimum Gasteiger partial charge on any atom is -0.497 e. The maximum absolute atomic E-state index is 12.2. The van der Waals surface area contributed by atoms with E-state index in [1.807, 2.05) is 11.0 Å². The van der Waals surface area contributed by atoms with Crippen LogP contribution in [0.15, 0.2) is 18.2 Å². The Morgan fingerprint density at radius 3 is 2.68 bits per heavy atom. The van der Waals surface area contributed by atoms with Crippen molar-refractivity contribution in [3.63, 3.8) is 0 Å². The molecule has 0 radical (unpaired) electrons. The van der Waals surface area contributed by atoms with Crippen LogP contribution in [-0.2, 0) is 22.6 Å². The molecule has 0 aromatic heterocycles. The number of carbonyl (C=O) groups excluding carboxylic acids is 2. The molecule has 0 saturated carbocycles. The molecule has 2 amide bonds. The van der Waals surface area contributed by atoms with Crippen LogP contribution < -0.4 is 10.1 Å². The standard InChI is InChI=1S/C19H27N3O3/c1-4-13-7-17(25-3)6-5-14(13)9-21-11-16(12-21)22-10-15(8-18(22)23)19(24)20-2/h5-7,15-16H,4,8-12H2,1-3H3,(H,20,24). The van der Waals surface area contributed by atoms with Gasteiger partial charge in [0.15, 0.2) is 0 Å². The van der Waals surface area contributed by atoms with Crippen molar-refractivity contribution in [1.82, 2.24) is 15.1 Å². The smallest absolute Gasteiger partial charge is 0.225 e. The Morgan fingerprint density at radius 1 is 1.28 bits per heavy atom. The molecule has 1 atom stereocenters. The molecule has 0 aliphatic carbocycles. The van der Waals surface area contributed by atoms with Gasteiger partial charge in [0.1, 0.15) is 5.75 Å². The van der Waals surface area contributed by atoms with Gasteiger partial charge >= 0.3 is 0 Å². The normalized spacial score (nSPS) is 21.3. The van der Waals surface area contributed by atoms with Gasteiger partial charge in [0.2, 0.25) is 11.8 Å². The molecule has 2 aliphatic heterocycles. The fourth-order valence-corrected chi connectivity index (χ4v) is 3.79. The van der Waals surface area contributed by atoms with Crippen molar-refractivity contribution < 1.29 is 14.3 Å². The summed E-state index contributed by atoms with van der Waals surface area (Å²) in [5.41, 5.74) is 2.62. The fourth-order valence-electron chi connectivity index (χ4n) is 3.79. The minimum atomic E-state index is -0.195. The summed E-state index contributed by atoms with van der Waals surface area (Å²) in [6, 6.07) is 6.48. The van der Waals surface area contributed by atoms with Crippen LogP contribution in [0.1, 0.15) is 24.5 Å². The molecule has 2 saturated heterocycles. The number of amides is 2. The molecule has 2 aliphatic rings. The van der Waals surface area contributed by atoms with E-state index < -0.39 is 0 Å². The number of methoxy groups -OCH3 is 1. The summed E-state index contributed by atoms with van der Waals surface area (Å²) in [4.78, 5) is 28.2. The molecule has 6 heteroatoms. The molecule has 1 unspecified atom stereocenters. The molecule has 136 valence electrons. The van der Waals surface area contributed by atoms with Crippen LogP contribution in [0.3, 0.4) is 0 Å². The van der Waals surface area contributed by atoms with Crippen molar-refractivity contribution in [2.24, 2.45) is 5.92 Å². The maximum atomic E-state index is 12.2. The quantitative estimate of drug-likeness (QED) is 0.837. The number of rotatable bonds is 6. The van der Waals surface area contributed by atoms with Crippen LogP contribution in [0, 0.1) is 5.92 Å². The average Bonchev–Trinajstić information content (AvgIpc) is 2.98. The second-order valence-electron chi connectivity index (χ2n) is 6.90. The van der Waals surface area contributed by atoms with E-state index in [1.54, 1.807) is 14.2 Å². The predicted molar refractivity (Wildman–Crippen MR) is 95.3 cm³/mol. The van der Waals surface area contributed by atoms with Gasteiger partial charge in [0, 0.05) is 39.6 Å². The van der Waals surface area contributed by atoms with E-state index >= 15 is 0 Å². The zero-order chi connectivity index (χ0) is 18.0. The van der Waals surface area contributed by atoms with E-state index in [-0.39, 0.29) is 23.8 Å². The Hall–Kier alpha value is -2.08. The molecule has 6 nitrogen and oxygen atoms in total. The summed E-state index contributed by atoms with van der Waals surface area (Å²) < 4.78 is 5.30. The number of likely N-dealkylation sites (tertiary alicyclic amines) is 2. The summed E-state index contributed by atoms with van der Waals surface area (Å²) in [6.45, 7) is 5.35. The second-order valence-corrected chi connectivity index (χ2v) is 6.90. The van der Waals surface area contributed by atoms with Gasteiger partial charge in [-0.3, -0.25) is 14.5 Å². The van der Waals surface area contributed by atoms with E-state index in [0.29, 0.717) is 13.0 Å². The first-order chi connectivity index (χ1) is 12.0. The van der Waals surface area contributed by atoms with E-state index in [4.69, 9.17) is 4.74 Å². The van der Waals surface area contributed by atoms with Crippen LogP contribution >= 0.6 is 0 Å². The molecular formula is C19H27N3O3. The third-order valence-corrected chi connectivity index (χ3v) is 5.34. The lowest BCUT2D eigenvalue weighted by atomic mass is 10.0. The lowest BCUT2D eigenvalue weighted by Gasteiger charge is -2.44. The topological polar surface area (TPSA) is 61.9 Å². The van der Waals surface area contributed by atoms with Crippen LogP contribution in [0.5, 0.6) is 5.75 Å². The maximum Gasteiger partial charge on any atom is 0.225 e. The fraction of sp³-hybridized carbons (Fsp3) is 0.579. The molecule has 2 heterocycles. The average molecular weight is 345 g/mol. The van der Waals surface area contributed by atoms with Gasteiger partial charge in [-0.25, -0.2) is 0 Å². The number of nitrogens with one attached hydrogen (secondary N) is 1. The molecular weight excluding hydrogens is 318 g/mol. The molecule has 1 N–H and O–H groups in total. The van der Waals surface area contributed by atoms with E-state index in [2.05, 4.69) is 29.3 Å². The first kappa shape index (κ1) is 17.7. The highest BCUT2D eigenvalue weighted by atomic mass is 16.5. The van der Waals surface area contributed by atoms with Gasteiger partial charge in [0.05, 0.1) is 19.1 Å². The Labute approximate surface area is 149 Å². The highest BCUT2D eigenvalue weighted by molar-refractivity contribution is 5.89. The number of hydrogen-bond acceptors (Lipinski definition) is 4. The van der Waals surface area contributed by atoms with Crippen LogP contribution in [0.2, 0.25) is 0 Å². The minimum absolute atomic E-state index is 0.0298. The lowest BCUT2D eigenvalue weighted by Crippen LogP contribution is -2.59. The molecule has 25 heavy (non-hydrogen) atoms. The van der Waals surface area contributed by atoms with Crippen molar-refractivity contribution in [1.29, 1.82) is 0 Å². The number of ether oxygens (including phenoxy) is 1. The molecule has 2 fully saturated rings.